The largest absolute Gasteiger partial charge is 0.349 e. The van der Waals surface area contributed by atoms with Gasteiger partial charge in [-0.3, -0.25) is 4.79 Å². The number of carbonyl (C=O) groups is 1. The fraction of sp³-hybridized carbons (Fsp3) is 0.625. The number of carbonyl (C=O) groups excluding carboxylic acids is 1. The number of amides is 1. The van der Waals surface area contributed by atoms with Crippen molar-refractivity contribution in [1.29, 1.82) is 0 Å². The Morgan fingerprint density at radius 1 is 1.60 bits per heavy atom. The van der Waals surface area contributed by atoms with Gasteiger partial charge in [0.25, 0.3) is 0 Å². The molecule has 52 valence electrons. The highest BCUT2D eigenvalue weighted by Crippen LogP contribution is 2.56. The maximum atomic E-state index is 11.1. The molecule has 4 unspecified atom stereocenters. The van der Waals surface area contributed by atoms with E-state index < -0.39 is 0 Å². The molecule has 1 saturated heterocycles. The van der Waals surface area contributed by atoms with Gasteiger partial charge in [-0.15, -0.1) is 0 Å². The van der Waals surface area contributed by atoms with Crippen LogP contribution in [0.4, 0.5) is 0 Å². The summed E-state index contributed by atoms with van der Waals surface area (Å²) in [5, 5.41) is 2.96. The summed E-state index contributed by atoms with van der Waals surface area (Å²) in [5.41, 5.74) is 0. The number of fused-ring (bicyclic) bond motifs is 1. The first-order valence-electron chi connectivity index (χ1n) is 3.85. The summed E-state index contributed by atoms with van der Waals surface area (Å²) < 4.78 is 0. The summed E-state index contributed by atoms with van der Waals surface area (Å²) in [6.07, 6.45) is 5.48. The van der Waals surface area contributed by atoms with Crippen LogP contribution in [0.3, 0.4) is 0 Å². The number of rotatable bonds is 0. The van der Waals surface area contributed by atoms with E-state index >= 15 is 0 Å². The van der Waals surface area contributed by atoms with Crippen molar-refractivity contribution >= 4 is 5.91 Å². The average molecular weight is 135 g/mol. The molecule has 1 saturated carbocycles. The Hall–Kier alpha value is -0.790. The molecule has 0 aromatic heterocycles. The molecule has 10 heavy (non-hydrogen) atoms. The van der Waals surface area contributed by atoms with Crippen LogP contribution in [-0.4, -0.2) is 11.9 Å². The molecular weight excluding hydrogens is 126 g/mol. The van der Waals surface area contributed by atoms with E-state index in [1.165, 1.54) is 0 Å². The van der Waals surface area contributed by atoms with Crippen LogP contribution in [-0.2, 0) is 4.79 Å². The molecule has 0 bridgehead atoms. The number of hydrogen-bond acceptors (Lipinski definition) is 1. The molecular formula is C8H9NO. The van der Waals surface area contributed by atoms with Crippen LogP contribution in [0.15, 0.2) is 12.2 Å². The van der Waals surface area contributed by atoms with E-state index in [9.17, 15) is 4.79 Å². The minimum Gasteiger partial charge on any atom is -0.349 e. The molecule has 4 atom stereocenters. The first-order valence-corrected chi connectivity index (χ1v) is 3.85. The lowest BCUT2D eigenvalue weighted by atomic mass is 10.0. The Bertz CT molecular complexity index is 233. The summed E-state index contributed by atoms with van der Waals surface area (Å²) in [4.78, 5) is 11.1. The monoisotopic (exact) mass is 135 g/mol. The standard InChI is InChI=1S/C8H9NO/c10-8-7-4-2-1-3-5(9-8)6(4)7/h1,3-7H,2H2,(H,9,10). The first-order chi connectivity index (χ1) is 4.88. The Kier molecular flexibility index (Phi) is 0.636. The molecule has 3 rings (SSSR count). The molecule has 1 amide bonds. The van der Waals surface area contributed by atoms with Gasteiger partial charge in [0.15, 0.2) is 0 Å². The Labute approximate surface area is 59.3 Å². The quantitative estimate of drug-likeness (QED) is 0.476. The van der Waals surface area contributed by atoms with E-state index in [0.29, 0.717) is 29.7 Å². The van der Waals surface area contributed by atoms with Crippen molar-refractivity contribution in [1.82, 2.24) is 5.32 Å². The highest BCUT2D eigenvalue weighted by molar-refractivity contribution is 5.86. The van der Waals surface area contributed by atoms with Crippen molar-refractivity contribution in [3.05, 3.63) is 12.2 Å². The van der Waals surface area contributed by atoms with E-state index in [1.54, 1.807) is 0 Å². The molecule has 1 heterocycles. The molecule has 1 aliphatic heterocycles. The van der Waals surface area contributed by atoms with Gasteiger partial charge in [-0.05, 0) is 18.3 Å². The molecule has 0 radical (unpaired) electrons. The summed E-state index contributed by atoms with van der Waals surface area (Å²) in [7, 11) is 0. The van der Waals surface area contributed by atoms with E-state index in [-0.39, 0.29) is 0 Å². The van der Waals surface area contributed by atoms with E-state index in [0.717, 1.165) is 6.42 Å². The summed E-state index contributed by atoms with van der Waals surface area (Å²) in [6.45, 7) is 0. The SMILES string of the molecule is O=C1NC2C=CCC3C1C23. The smallest absolute Gasteiger partial charge is 0.224 e. The highest BCUT2D eigenvalue weighted by Gasteiger charge is 2.62. The zero-order valence-corrected chi connectivity index (χ0v) is 5.58. The average Bonchev–Trinajstić information content (AvgIpc) is 2.51. The number of allylic oxidation sites excluding steroid dienone is 1. The van der Waals surface area contributed by atoms with Gasteiger partial charge in [-0.1, -0.05) is 12.2 Å². The van der Waals surface area contributed by atoms with Crippen molar-refractivity contribution in [2.75, 3.05) is 0 Å². The van der Waals surface area contributed by atoms with Crippen LogP contribution in [0, 0.1) is 17.8 Å². The Morgan fingerprint density at radius 3 is 3.20 bits per heavy atom. The highest BCUT2D eigenvalue weighted by atomic mass is 16.2. The van der Waals surface area contributed by atoms with Gasteiger partial charge in [0.2, 0.25) is 5.91 Å². The molecule has 2 aliphatic carbocycles. The van der Waals surface area contributed by atoms with Crippen LogP contribution in [0.2, 0.25) is 0 Å². The van der Waals surface area contributed by atoms with Crippen LogP contribution >= 0.6 is 0 Å². The van der Waals surface area contributed by atoms with Gasteiger partial charge in [0.05, 0.1) is 6.04 Å². The van der Waals surface area contributed by atoms with Crippen LogP contribution < -0.4 is 5.32 Å². The summed E-state index contributed by atoms with van der Waals surface area (Å²) in [5.74, 6) is 2.07. The van der Waals surface area contributed by atoms with Gasteiger partial charge in [0.1, 0.15) is 0 Å². The second-order valence-corrected chi connectivity index (χ2v) is 3.47. The predicted molar refractivity (Wildman–Crippen MR) is 36.2 cm³/mol. The second kappa shape index (κ2) is 1.29. The molecule has 2 nitrogen and oxygen atoms in total. The number of piperidine rings is 1. The topological polar surface area (TPSA) is 29.1 Å². The van der Waals surface area contributed by atoms with Crippen LogP contribution in [0.25, 0.3) is 0 Å². The molecule has 0 aromatic carbocycles. The maximum absolute atomic E-state index is 11.1. The maximum Gasteiger partial charge on any atom is 0.224 e. The minimum atomic E-state index is 0.296. The van der Waals surface area contributed by atoms with Gasteiger partial charge < -0.3 is 5.32 Å². The minimum absolute atomic E-state index is 0.296. The third kappa shape index (κ3) is 0.376. The summed E-state index contributed by atoms with van der Waals surface area (Å²) >= 11 is 0. The third-order valence-electron chi connectivity index (χ3n) is 3.01. The van der Waals surface area contributed by atoms with E-state index in [4.69, 9.17) is 0 Å². The molecule has 2 fully saturated rings. The van der Waals surface area contributed by atoms with E-state index in [1.807, 2.05) is 0 Å². The fourth-order valence-electron chi connectivity index (χ4n) is 2.48. The molecule has 1 N–H and O–H groups in total. The fourth-order valence-corrected chi connectivity index (χ4v) is 2.48. The summed E-state index contributed by atoms with van der Waals surface area (Å²) in [6, 6.07) is 0.399. The Morgan fingerprint density at radius 2 is 2.50 bits per heavy atom. The van der Waals surface area contributed by atoms with Crippen molar-refractivity contribution in [3.63, 3.8) is 0 Å². The van der Waals surface area contributed by atoms with Crippen LogP contribution in [0.5, 0.6) is 0 Å². The molecule has 0 aromatic rings. The number of nitrogens with one attached hydrogen (secondary N) is 1. The zero-order chi connectivity index (χ0) is 6.72. The zero-order valence-electron chi connectivity index (χ0n) is 5.58. The molecule has 0 spiro atoms. The van der Waals surface area contributed by atoms with Crippen LogP contribution in [0.1, 0.15) is 6.42 Å². The normalized spacial score (nSPS) is 54.2. The van der Waals surface area contributed by atoms with Gasteiger partial charge in [-0.25, -0.2) is 0 Å². The predicted octanol–water partition coefficient (Wildman–Crippen LogP) is 0.307. The lowest BCUT2D eigenvalue weighted by Crippen LogP contribution is -2.32. The molecule has 3 aliphatic rings. The molecule has 2 heteroatoms. The lowest BCUT2D eigenvalue weighted by molar-refractivity contribution is -0.121. The van der Waals surface area contributed by atoms with Crippen molar-refractivity contribution in [2.45, 2.75) is 12.5 Å². The third-order valence-corrected chi connectivity index (χ3v) is 3.01. The second-order valence-electron chi connectivity index (χ2n) is 3.47. The lowest BCUT2D eigenvalue weighted by Gasteiger charge is -2.14. The van der Waals surface area contributed by atoms with Crippen molar-refractivity contribution < 1.29 is 4.79 Å². The first kappa shape index (κ1) is 4.94. The Balaban J connectivity index is 2.04. The van der Waals surface area contributed by atoms with E-state index in [2.05, 4.69) is 17.5 Å². The van der Waals surface area contributed by atoms with Gasteiger partial charge >= 0.3 is 0 Å². The van der Waals surface area contributed by atoms with Crippen molar-refractivity contribution in [2.24, 2.45) is 17.8 Å². The van der Waals surface area contributed by atoms with Gasteiger partial charge in [-0.2, -0.15) is 0 Å². The number of hydrogen-bond donors (Lipinski definition) is 1. The van der Waals surface area contributed by atoms with Crippen molar-refractivity contribution in [3.8, 4) is 0 Å². The van der Waals surface area contributed by atoms with Gasteiger partial charge in [0, 0.05) is 5.92 Å².